The molecule has 4 nitrogen and oxygen atoms in total. The van der Waals surface area contributed by atoms with Crippen molar-refractivity contribution in [3.63, 3.8) is 0 Å². The van der Waals surface area contributed by atoms with Gasteiger partial charge in [0.2, 0.25) is 0 Å². The summed E-state index contributed by atoms with van der Waals surface area (Å²) in [5.41, 5.74) is 0. The van der Waals surface area contributed by atoms with Crippen molar-refractivity contribution >= 4 is 0 Å². The Morgan fingerprint density at radius 3 is 2.50 bits per heavy atom. The lowest BCUT2D eigenvalue weighted by Gasteiger charge is -2.09. The number of hydrogen-bond donors (Lipinski definition) is 2. The number of nitrogens with one attached hydrogen (secondary N) is 2. The van der Waals surface area contributed by atoms with Crippen molar-refractivity contribution in [2.75, 3.05) is 33.0 Å². The molecule has 1 heterocycles. The standard InChI is InChI=1S/C8H18N2O2/c1-2-4-9-6-7-11-12-8-10-5-3-1/h9-10H,1-8H2. The normalized spacial score (nSPS) is 24.0. The Kier molecular flexibility index (Phi) is 6.19. The Morgan fingerprint density at radius 2 is 1.58 bits per heavy atom. The van der Waals surface area contributed by atoms with Crippen molar-refractivity contribution in [3.05, 3.63) is 0 Å². The largest absolute Gasteiger partial charge is 0.314 e. The van der Waals surface area contributed by atoms with Gasteiger partial charge in [-0.05, 0) is 25.9 Å². The van der Waals surface area contributed by atoms with Crippen LogP contribution < -0.4 is 10.6 Å². The van der Waals surface area contributed by atoms with Gasteiger partial charge in [-0.25, -0.2) is 9.78 Å². The second kappa shape index (κ2) is 7.49. The Bertz CT molecular complexity index is 58.0. The van der Waals surface area contributed by atoms with Crippen molar-refractivity contribution < 1.29 is 9.78 Å². The Labute approximate surface area is 73.5 Å². The maximum atomic E-state index is 4.88. The minimum Gasteiger partial charge on any atom is -0.314 e. The van der Waals surface area contributed by atoms with E-state index in [-0.39, 0.29) is 0 Å². The maximum absolute atomic E-state index is 4.88. The van der Waals surface area contributed by atoms with Gasteiger partial charge >= 0.3 is 0 Å². The fourth-order valence-corrected chi connectivity index (χ4v) is 1.13. The Morgan fingerprint density at radius 1 is 0.750 bits per heavy atom. The lowest BCUT2D eigenvalue weighted by molar-refractivity contribution is -0.297. The van der Waals surface area contributed by atoms with E-state index in [1.807, 2.05) is 0 Å². The molecule has 72 valence electrons. The summed E-state index contributed by atoms with van der Waals surface area (Å²) in [5.74, 6) is 0. The van der Waals surface area contributed by atoms with Crippen LogP contribution in [0, 0.1) is 0 Å². The summed E-state index contributed by atoms with van der Waals surface area (Å²) in [6, 6.07) is 0. The van der Waals surface area contributed by atoms with E-state index in [1.165, 1.54) is 19.3 Å². The third kappa shape index (κ3) is 5.49. The summed E-state index contributed by atoms with van der Waals surface area (Å²) in [5, 5.41) is 6.41. The monoisotopic (exact) mass is 174 g/mol. The lowest BCUT2D eigenvalue weighted by Crippen LogP contribution is -2.25. The molecule has 0 spiro atoms. The third-order valence-corrected chi connectivity index (χ3v) is 1.81. The van der Waals surface area contributed by atoms with E-state index in [0.29, 0.717) is 13.3 Å². The summed E-state index contributed by atoms with van der Waals surface area (Å²) < 4.78 is 0. The Balaban J connectivity index is 2.00. The highest BCUT2D eigenvalue weighted by molar-refractivity contribution is 4.50. The molecule has 1 rings (SSSR count). The highest BCUT2D eigenvalue weighted by Gasteiger charge is 1.94. The second-order valence-corrected chi connectivity index (χ2v) is 2.89. The highest BCUT2D eigenvalue weighted by atomic mass is 17.2. The summed E-state index contributed by atoms with van der Waals surface area (Å²) >= 11 is 0. The Hall–Kier alpha value is -0.160. The van der Waals surface area contributed by atoms with E-state index in [9.17, 15) is 0 Å². The predicted molar refractivity (Wildman–Crippen MR) is 46.6 cm³/mol. The van der Waals surface area contributed by atoms with Crippen LogP contribution in [0.1, 0.15) is 19.3 Å². The topological polar surface area (TPSA) is 42.5 Å². The quantitative estimate of drug-likeness (QED) is 0.517. The molecule has 1 aliphatic heterocycles. The zero-order chi connectivity index (χ0) is 8.49. The molecule has 1 aliphatic rings. The molecule has 0 atom stereocenters. The maximum Gasteiger partial charge on any atom is 0.133 e. The van der Waals surface area contributed by atoms with E-state index in [2.05, 4.69) is 10.6 Å². The second-order valence-electron chi connectivity index (χ2n) is 2.89. The van der Waals surface area contributed by atoms with Gasteiger partial charge in [0.05, 0.1) is 6.61 Å². The predicted octanol–water partition coefficient (Wildman–Crippen LogP) is 0.255. The molecule has 0 aliphatic carbocycles. The molecule has 0 unspecified atom stereocenters. The zero-order valence-corrected chi connectivity index (χ0v) is 7.47. The molecule has 0 radical (unpaired) electrons. The molecular weight excluding hydrogens is 156 g/mol. The molecule has 1 fully saturated rings. The first-order chi connectivity index (χ1) is 6.00. The third-order valence-electron chi connectivity index (χ3n) is 1.81. The molecule has 0 saturated carbocycles. The molecule has 0 aromatic carbocycles. The SMILES string of the molecule is C1CCNCCOOCNCC1. The minimum atomic E-state index is 0.500. The van der Waals surface area contributed by atoms with E-state index in [0.717, 1.165) is 19.6 Å². The van der Waals surface area contributed by atoms with Crippen molar-refractivity contribution in [1.29, 1.82) is 0 Å². The van der Waals surface area contributed by atoms with Crippen LogP contribution in [0.5, 0.6) is 0 Å². The van der Waals surface area contributed by atoms with Gasteiger partial charge in [-0.1, -0.05) is 6.42 Å². The van der Waals surface area contributed by atoms with Crippen molar-refractivity contribution in [2.45, 2.75) is 19.3 Å². The van der Waals surface area contributed by atoms with E-state index < -0.39 is 0 Å². The van der Waals surface area contributed by atoms with Crippen LogP contribution in [0.2, 0.25) is 0 Å². The fourth-order valence-electron chi connectivity index (χ4n) is 1.13. The van der Waals surface area contributed by atoms with Crippen LogP contribution in [0.15, 0.2) is 0 Å². The van der Waals surface area contributed by atoms with Crippen molar-refractivity contribution in [2.24, 2.45) is 0 Å². The van der Waals surface area contributed by atoms with Gasteiger partial charge < -0.3 is 5.32 Å². The summed E-state index contributed by atoms with van der Waals surface area (Å²) in [6.45, 7) is 4.11. The molecule has 0 aromatic heterocycles. The van der Waals surface area contributed by atoms with Gasteiger partial charge in [0.1, 0.15) is 6.73 Å². The molecule has 0 amide bonds. The molecule has 12 heavy (non-hydrogen) atoms. The highest BCUT2D eigenvalue weighted by Crippen LogP contribution is 1.92. The first kappa shape index (κ1) is 9.92. The first-order valence-corrected chi connectivity index (χ1v) is 4.66. The van der Waals surface area contributed by atoms with Crippen LogP contribution in [-0.4, -0.2) is 33.0 Å². The van der Waals surface area contributed by atoms with Gasteiger partial charge in [-0.3, -0.25) is 5.32 Å². The summed E-state index contributed by atoms with van der Waals surface area (Å²) in [6.07, 6.45) is 3.74. The average molecular weight is 174 g/mol. The van der Waals surface area contributed by atoms with E-state index in [1.54, 1.807) is 0 Å². The van der Waals surface area contributed by atoms with Gasteiger partial charge in [-0.2, -0.15) is 0 Å². The summed E-state index contributed by atoms with van der Waals surface area (Å²) in [4.78, 5) is 9.74. The molecule has 2 N–H and O–H groups in total. The van der Waals surface area contributed by atoms with Crippen molar-refractivity contribution in [1.82, 2.24) is 10.6 Å². The van der Waals surface area contributed by atoms with Gasteiger partial charge in [0.25, 0.3) is 0 Å². The van der Waals surface area contributed by atoms with Crippen molar-refractivity contribution in [3.8, 4) is 0 Å². The average Bonchev–Trinajstić information content (AvgIpc) is 2.05. The van der Waals surface area contributed by atoms with Gasteiger partial charge in [-0.15, -0.1) is 0 Å². The molecule has 0 bridgehead atoms. The molecule has 0 aromatic rings. The zero-order valence-electron chi connectivity index (χ0n) is 7.47. The van der Waals surface area contributed by atoms with Crippen LogP contribution in [0.4, 0.5) is 0 Å². The van der Waals surface area contributed by atoms with Crippen LogP contribution in [0.3, 0.4) is 0 Å². The molecule has 1 saturated heterocycles. The molecular formula is C8H18N2O2. The van der Waals surface area contributed by atoms with E-state index in [4.69, 9.17) is 9.78 Å². The summed E-state index contributed by atoms with van der Waals surface area (Å²) in [7, 11) is 0. The van der Waals surface area contributed by atoms with Gasteiger partial charge in [0, 0.05) is 6.54 Å². The van der Waals surface area contributed by atoms with Gasteiger partial charge in [0.15, 0.2) is 0 Å². The minimum absolute atomic E-state index is 0.500. The fraction of sp³-hybridized carbons (Fsp3) is 1.00. The number of rotatable bonds is 0. The first-order valence-electron chi connectivity index (χ1n) is 4.66. The molecule has 4 heteroatoms. The van der Waals surface area contributed by atoms with Crippen LogP contribution in [-0.2, 0) is 9.78 Å². The van der Waals surface area contributed by atoms with Crippen LogP contribution >= 0.6 is 0 Å². The number of hydrogen-bond acceptors (Lipinski definition) is 4. The van der Waals surface area contributed by atoms with E-state index >= 15 is 0 Å². The van der Waals surface area contributed by atoms with Crippen LogP contribution in [0.25, 0.3) is 0 Å². The smallest absolute Gasteiger partial charge is 0.133 e. The lowest BCUT2D eigenvalue weighted by atomic mass is 10.2.